The average Bonchev–Trinajstić information content (AvgIpc) is 2.75. The summed E-state index contributed by atoms with van der Waals surface area (Å²) in [5.41, 5.74) is 1.84. The van der Waals surface area contributed by atoms with Crippen LogP contribution in [0.2, 0.25) is 0 Å². The zero-order valence-corrected chi connectivity index (χ0v) is 17.1. The summed E-state index contributed by atoms with van der Waals surface area (Å²) in [6.45, 7) is 2.58. The van der Waals surface area contributed by atoms with Crippen molar-refractivity contribution in [2.75, 3.05) is 11.9 Å². The number of benzene rings is 2. The van der Waals surface area contributed by atoms with Gasteiger partial charge in [-0.15, -0.1) is 0 Å². The first kappa shape index (κ1) is 20.9. The Bertz CT molecular complexity index is 784. The van der Waals surface area contributed by atoms with Crippen molar-refractivity contribution in [1.82, 2.24) is 4.90 Å². The van der Waals surface area contributed by atoms with Gasteiger partial charge >= 0.3 is 0 Å². The normalized spacial score (nSPS) is 14.2. The molecular weight excluding hydrogens is 364 g/mol. The van der Waals surface area contributed by atoms with Crippen molar-refractivity contribution in [1.29, 1.82) is 0 Å². The highest BCUT2D eigenvalue weighted by molar-refractivity contribution is 5.91. The molecule has 1 saturated carbocycles. The lowest BCUT2D eigenvalue weighted by Crippen LogP contribution is -2.41. The third-order valence-corrected chi connectivity index (χ3v) is 5.39. The smallest absolute Gasteiger partial charge is 0.226 e. The fraction of sp³-hybridized carbons (Fsp3) is 0.417. The predicted molar refractivity (Wildman–Crippen MR) is 115 cm³/mol. The molecule has 0 saturated heterocycles. The van der Waals surface area contributed by atoms with Crippen molar-refractivity contribution < 1.29 is 14.3 Å². The molecule has 5 nitrogen and oxygen atoms in total. The molecule has 0 heterocycles. The Morgan fingerprint density at radius 1 is 1.00 bits per heavy atom. The Kier molecular flexibility index (Phi) is 7.68. The van der Waals surface area contributed by atoms with E-state index in [1.54, 1.807) is 6.92 Å². The number of carbonyl (C=O) groups excluding carboxylic acids is 2. The number of ether oxygens (including phenoxy) is 1. The van der Waals surface area contributed by atoms with Crippen LogP contribution in [-0.4, -0.2) is 29.3 Å². The van der Waals surface area contributed by atoms with Crippen LogP contribution in [0.25, 0.3) is 0 Å². The molecule has 154 valence electrons. The molecule has 1 N–H and O–H groups in total. The number of carbonyl (C=O) groups is 2. The van der Waals surface area contributed by atoms with Crippen LogP contribution in [0.3, 0.4) is 0 Å². The van der Waals surface area contributed by atoms with Crippen LogP contribution in [0.15, 0.2) is 54.6 Å². The van der Waals surface area contributed by atoms with E-state index in [0.29, 0.717) is 19.6 Å². The lowest BCUT2D eigenvalue weighted by molar-refractivity contribution is -0.132. The largest absolute Gasteiger partial charge is 0.489 e. The molecule has 3 rings (SSSR count). The van der Waals surface area contributed by atoms with Crippen LogP contribution in [0.1, 0.15) is 51.0 Å². The monoisotopic (exact) mass is 394 g/mol. The summed E-state index contributed by atoms with van der Waals surface area (Å²) in [7, 11) is 0. The van der Waals surface area contributed by atoms with Crippen LogP contribution < -0.4 is 10.1 Å². The van der Waals surface area contributed by atoms with Crippen LogP contribution in [0.5, 0.6) is 5.75 Å². The van der Waals surface area contributed by atoms with Gasteiger partial charge in [0.1, 0.15) is 12.4 Å². The van der Waals surface area contributed by atoms with Gasteiger partial charge in [0, 0.05) is 31.6 Å². The van der Waals surface area contributed by atoms with Gasteiger partial charge in [-0.25, -0.2) is 0 Å². The third kappa shape index (κ3) is 6.63. The summed E-state index contributed by atoms with van der Waals surface area (Å²) in [6.07, 6.45) is 5.98. The Labute approximate surface area is 173 Å². The SMILES string of the molecule is CC(=O)N(CCC(=O)Nc1ccc(OCc2ccccc2)cc1)C1CCCCC1. The molecule has 2 aromatic carbocycles. The standard InChI is InChI=1S/C24H30N2O3/c1-19(27)26(22-10-6-3-7-11-22)17-16-24(28)25-21-12-14-23(15-13-21)29-18-20-8-4-2-5-9-20/h2,4-5,8-9,12-15,22H,3,6-7,10-11,16-18H2,1H3,(H,25,28). The first-order valence-corrected chi connectivity index (χ1v) is 10.5. The minimum absolute atomic E-state index is 0.0598. The maximum Gasteiger partial charge on any atom is 0.226 e. The Balaban J connectivity index is 1.45. The summed E-state index contributed by atoms with van der Waals surface area (Å²) < 4.78 is 5.77. The minimum Gasteiger partial charge on any atom is -0.489 e. The molecule has 29 heavy (non-hydrogen) atoms. The molecule has 0 spiro atoms. The lowest BCUT2D eigenvalue weighted by Gasteiger charge is -2.33. The zero-order chi connectivity index (χ0) is 20.5. The van der Waals surface area contributed by atoms with Crippen molar-refractivity contribution in [2.24, 2.45) is 0 Å². The van der Waals surface area contributed by atoms with Crippen LogP contribution in [-0.2, 0) is 16.2 Å². The summed E-state index contributed by atoms with van der Waals surface area (Å²) >= 11 is 0. The number of nitrogens with one attached hydrogen (secondary N) is 1. The Morgan fingerprint density at radius 3 is 2.34 bits per heavy atom. The summed E-state index contributed by atoms with van der Waals surface area (Å²) in [4.78, 5) is 26.2. The fourth-order valence-corrected chi connectivity index (χ4v) is 3.81. The van der Waals surface area contributed by atoms with Gasteiger partial charge in [0.25, 0.3) is 0 Å². The highest BCUT2D eigenvalue weighted by atomic mass is 16.5. The van der Waals surface area contributed by atoms with Gasteiger partial charge in [-0.3, -0.25) is 9.59 Å². The fourth-order valence-electron chi connectivity index (χ4n) is 3.81. The topological polar surface area (TPSA) is 58.6 Å². The predicted octanol–water partition coefficient (Wildman–Crippen LogP) is 4.78. The number of nitrogens with zero attached hydrogens (tertiary/aromatic N) is 1. The number of hydrogen-bond acceptors (Lipinski definition) is 3. The number of hydrogen-bond donors (Lipinski definition) is 1. The summed E-state index contributed by atoms with van der Waals surface area (Å²) in [6, 6.07) is 17.6. The molecular formula is C24H30N2O3. The first-order chi connectivity index (χ1) is 14.1. The van der Waals surface area contributed by atoms with E-state index in [4.69, 9.17) is 4.74 Å². The van der Waals surface area contributed by atoms with Crippen molar-refractivity contribution in [3.63, 3.8) is 0 Å². The van der Waals surface area contributed by atoms with E-state index >= 15 is 0 Å². The van der Waals surface area contributed by atoms with Crippen molar-refractivity contribution in [3.8, 4) is 5.75 Å². The van der Waals surface area contributed by atoms with E-state index in [1.807, 2.05) is 59.5 Å². The van der Waals surface area contributed by atoms with E-state index in [-0.39, 0.29) is 17.9 Å². The first-order valence-electron chi connectivity index (χ1n) is 10.5. The second-order valence-electron chi connectivity index (χ2n) is 7.60. The summed E-state index contributed by atoms with van der Waals surface area (Å²) in [5, 5.41) is 2.91. The molecule has 5 heteroatoms. The van der Waals surface area contributed by atoms with Gasteiger partial charge in [-0.1, -0.05) is 49.6 Å². The van der Waals surface area contributed by atoms with Crippen LogP contribution in [0.4, 0.5) is 5.69 Å². The van der Waals surface area contributed by atoms with E-state index < -0.39 is 0 Å². The van der Waals surface area contributed by atoms with E-state index in [9.17, 15) is 9.59 Å². The quantitative estimate of drug-likeness (QED) is 0.701. The number of amides is 2. The molecule has 0 aliphatic heterocycles. The third-order valence-electron chi connectivity index (χ3n) is 5.39. The van der Waals surface area contributed by atoms with Crippen molar-refractivity contribution in [3.05, 3.63) is 60.2 Å². The molecule has 1 aliphatic rings. The number of rotatable bonds is 8. The molecule has 1 aliphatic carbocycles. The molecule has 0 radical (unpaired) electrons. The molecule has 2 aromatic rings. The zero-order valence-electron chi connectivity index (χ0n) is 17.1. The average molecular weight is 395 g/mol. The van der Waals surface area contributed by atoms with Crippen molar-refractivity contribution >= 4 is 17.5 Å². The van der Waals surface area contributed by atoms with Gasteiger partial charge in [-0.2, -0.15) is 0 Å². The molecule has 1 fully saturated rings. The second-order valence-corrected chi connectivity index (χ2v) is 7.60. The maximum atomic E-state index is 12.3. The van der Waals surface area contributed by atoms with Crippen molar-refractivity contribution in [2.45, 2.75) is 58.1 Å². The molecule has 2 amide bonds. The molecule has 0 atom stereocenters. The van der Waals surface area contributed by atoms with Gasteiger partial charge < -0.3 is 15.0 Å². The highest BCUT2D eigenvalue weighted by Crippen LogP contribution is 2.23. The van der Waals surface area contributed by atoms with Gasteiger partial charge in [0.2, 0.25) is 11.8 Å². The molecule has 0 unspecified atom stereocenters. The van der Waals surface area contributed by atoms with Crippen LogP contribution in [0, 0.1) is 0 Å². The second kappa shape index (κ2) is 10.6. The van der Waals surface area contributed by atoms with Gasteiger partial charge in [0.05, 0.1) is 0 Å². The molecule has 0 bridgehead atoms. The lowest BCUT2D eigenvalue weighted by atomic mass is 9.94. The highest BCUT2D eigenvalue weighted by Gasteiger charge is 2.23. The molecule has 0 aromatic heterocycles. The number of anilines is 1. The van der Waals surface area contributed by atoms with Crippen LogP contribution >= 0.6 is 0 Å². The van der Waals surface area contributed by atoms with Gasteiger partial charge in [-0.05, 0) is 42.7 Å². The minimum atomic E-state index is -0.0787. The maximum absolute atomic E-state index is 12.3. The van der Waals surface area contributed by atoms with E-state index in [1.165, 1.54) is 19.3 Å². The Morgan fingerprint density at radius 2 is 1.69 bits per heavy atom. The van der Waals surface area contributed by atoms with E-state index in [0.717, 1.165) is 29.8 Å². The van der Waals surface area contributed by atoms with E-state index in [2.05, 4.69) is 5.32 Å². The van der Waals surface area contributed by atoms with Gasteiger partial charge in [0.15, 0.2) is 0 Å². The Hall–Kier alpha value is -2.82. The summed E-state index contributed by atoms with van der Waals surface area (Å²) in [5.74, 6) is 0.738.